The summed E-state index contributed by atoms with van der Waals surface area (Å²) in [5.41, 5.74) is 0.764. The molecule has 0 unspecified atom stereocenters. The molecule has 0 N–H and O–H groups in total. The molecule has 1 aromatic carbocycles. The first-order valence-electron chi connectivity index (χ1n) is 4.52. The van der Waals surface area contributed by atoms with E-state index in [9.17, 15) is 10.1 Å². The van der Waals surface area contributed by atoms with Crippen molar-refractivity contribution in [3.63, 3.8) is 0 Å². The lowest BCUT2D eigenvalue weighted by Gasteiger charge is -2.04. The van der Waals surface area contributed by atoms with Crippen molar-refractivity contribution >= 4 is 5.69 Å². The Morgan fingerprint density at radius 2 is 2.33 bits per heavy atom. The van der Waals surface area contributed by atoms with Gasteiger partial charge in [0.05, 0.1) is 4.92 Å². The third kappa shape index (κ3) is 2.71. The van der Waals surface area contributed by atoms with Gasteiger partial charge in [-0.3, -0.25) is 10.1 Å². The number of aryl methyl sites for hydroxylation is 1. The molecule has 4 nitrogen and oxygen atoms in total. The van der Waals surface area contributed by atoms with Gasteiger partial charge in [-0.25, -0.2) is 0 Å². The van der Waals surface area contributed by atoms with E-state index in [1.807, 2.05) is 6.92 Å². The van der Waals surface area contributed by atoms with Crippen molar-refractivity contribution in [2.45, 2.75) is 13.3 Å². The van der Waals surface area contributed by atoms with Crippen molar-refractivity contribution in [1.82, 2.24) is 0 Å². The summed E-state index contributed by atoms with van der Waals surface area (Å²) < 4.78 is 5.17. The van der Waals surface area contributed by atoms with Crippen LogP contribution in [0.15, 0.2) is 18.2 Å². The number of benzene rings is 1. The van der Waals surface area contributed by atoms with Crippen molar-refractivity contribution in [1.29, 1.82) is 0 Å². The molecule has 0 bridgehead atoms. The SMILES string of the molecule is C#CCOc1ccc([N+](=O)[O-])c(CC)c1. The number of nitrogens with zero attached hydrogens (tertiary/aromatic N) is 1. The van der Waals surface area contributed by atoms with Gasteiger partial charge in [-0.1, -0.05) is 12.8 Å². The van der Waals surface area contributed by atoms with Crippen LogP contribution in [0, 0.1) is 22.5 Å². The summed E-state index contributed by atoms with van der Waals surface area (Å²) >= 11 is 0. The number of hydrogen-bond acceptors (Lipinski definition) is 3. The Hall–Kier alpha value is -2.02. The van der Waals surface area contributed by atoms with E-state index in [-0.39, 0.29) is 12.3 Å². The Bertz CT molecular complexity index is 407. The van der Waals surface area contributed by atoms with Crippen LogP contribution in [0.1, 0.15) is 12.5 Å². The van der Waals surface area contributed by atoms with Gasteiger partial charge in [0, 0.05) is 11.6 Å². The normalized spacial score (nSPS) is 9.33. The van der Waals surface area contributed by atoms with Crippen LogP contribution >= 0.6 is 0 Å². The predicted molar refractivity (Wildman–Crippen MR) is 56.8 cm³/mol. The zero-order valence-electron chi connectivity index (χ0n) is 8.40. The molecule has 0 spiro atoms. The van der Waals surface area contributed by atoms with E-state index in [0.29, 0.717) is 17.7 Å². The zero-order chi connectivity index (χ0) is 11.3. The number of rotatable bonds is 4. The molecule has 0 aliphatic rings. The van der Waals surface area contributed by atoms with Crippen LogP contribution < -0.4 is 4.74 Å². The number of ether oxygens (including phenoxy) is 1. The molecule has 0 saturated carbocycles. The first-order chi connectivity index (χ1) is 7.19. The van der Waals surface area contributed by atoms with E-state index in [2.05, 4.69) is 5.92 Å². The average Bonchev–Trinajstić information content (AvgIpc) is 2.25. The maximum absolute atomic E-state index is 10.6. The third-order valence-electron chi connectivity index (χ3n) is 1.95. The maximum Gasteiger partial charge on any atom is 0.272 e. The lowest BCUT2D eigenvalue weighted by molar-refractivity contribution is -0.385. The van der Waals surface area contributed by atoms with Gasteiger partial charge < -0.3 is 4.74 Å². The minimum absolute atomic E-state index is 0.116. The fraction of sp³-hybridized carbons (Fsp3) is 0.273. The second kappa shape index (κ2) is 5.01. The van der Waals surface area contributed by atoms with Crippen LogP contribution in [-0.4, -0.2) is 11.5 Å². The van der Waals surface area contributed by atoms with Crippen LogP contribution in [-0.2, 0) is 6.42 Å². The Kier molecular flexibility index (Phi) is 3.69. The molecule has 0 fully saturated rings. The summed E-state index contributed by atoms with van der Waals surface area (Å²) in [4.78, 5) is 10.2. The Morgan fingerprint density at radius 1 is 1.60 bits per heavy atom. The summed E-state index contributed by atoms with van der Waals surface area (Å²) in [6.45, 7) is 2.02. The molecule has 0 heterocycles. The van der Waals surface area contributed by atoms with Gasteiger partial charge in [-0.15, -0.1) is 6.42 Å². The van der Waals surface area contributed by atoms with Crippen LogP contribution in [0.5, 0.6) is 5.75 Å². The van der Waals surface area contributed by atoms with Gasteiger partial charge in [-0.2, -0.15) is 0 Å². The van der Waals surface area contributed by atoms with Crippen molar-refractivity contribution < 1.29 is 9.66 Å². The lowest BCUT2D eigenvalue weighted by Crippen LogP contribution is -1.97. The monoisotopic (exact) mass is 205 g/mol. The van der Waals surface area contributed by atoms with Crippen LogP contribution in [0.4, 0.5) is 5.69 Å². The second-order valence-corrected chi connectivity index (χ2v) is 2.89. The molecule has 4 heteroatoms. The summed E-state index contributed by atoms with van der Waals surface area (Å²) in [7, 11) is 0. The average molecular weight is 205 g/mol. The van der Waals surface area contributed by atoms with Gasteiger partial charge in [0.25, 0.3) is 5.69 Å². The van der Waals surface area contributed by atoms with Gasteiger partial charge in [-0.05, 0) is 18.6 Å². The summed E-state index contributed by atoms with van der Waals surface area (Å²) in [5.74, 6) is 2.90. The van der Waals surface area contributed by atoms with Crippen LogP contribution in [0.25, 0.3) is 0 Å². The molecular formula is C11H11NO3. The van der Waals surface area contributed by atoms with E-state index >= 15 is 0 Å². The fourth-order valence-electron chi connectivity index (χ4n) is 1.24. The van der Waals surface area contributed by atoms with Crippen molar-refractivity contribution in [3.8, 4) is 18.1 Å². The van der Waals surface area contributed by atoms with Crippen LogP contribution in [0.2, 0.25) is 0 Å². The van der Waals surface area contributed by atoms with Gasteiger partial charge in [0.2, 0.25) is 0 Å². The lowest BCUT2D eigenvalue weighted by atomic mass is 10.1. The quantitative estimate of drug-likeness (QED) is 0.430. The minimum Gasteiger partial charge on any atom is -0.481 e. The minimum atomic E-state index is -0.399. The second-order valence-electron chi connectivity index (χ2n) is 2.89. The van der Waals surface area contributed by atoms with Gasteiger partial charge in [0.1, 0.15) is 12.4 Å². The molecule has 0 aliphatic carbocycles. The van der Waals surface area contributed by atoms with E-state index in [0.717, 1.165) is 0 Å². The molecule has 0 radical (unpaired) electrons. The molecule has 1 rings (SSSR count). The predicted octanol–water partition coefficient (Wildman–Crippen LogP) is 2.17. The molecule has 0 saturated heterocycles. The third-order valence-corrected chi connectivity index (χ3v) is 1.95. The molecule has 0 atom stereocenters. The standard InChI is InChI=1S/C11H11NO3/c1-3-7-15-10-5-6-11(12(13)14)9(4-2)8-10/h1,5-6,8H,4,7H2,2H3. The van der Waals surface area contributed by atoms with Crippen molar-refractivity contribution in [3.05, 3.63) is 33.9 Å². The topological polar surface area (TPSA) is 52.4 Å². The molecule has 1 aromatic rings. The first kappa shape index (κ1) is 11.1. The number of hydrogen-bond donors (Lipinski definition) is 0. The number of nitro benzene ring substituents is 1. The molecule has 0 aromatic heterocycles. The number of terminal acetylenes is 1. The highest BCUT2D eigenvalue weighted by Gasteiger charge is 2.12. The van der Waals surface area contributed by atoms with Crippen molar-refractivity contribution in [2.24, 2.45) is 0 Å². The van der Waals surface area contributed by atoms with E-state index in [1.165, 1.54) is 6.07 Å². The van der Waals surface area contributed by atoms with Crippen LogP contribution in [0.3, 0.4) is 0 Å². The first-order valence-corrected chi connectivity index (χ1v) is 4.52. The highest BCUT2D eigenvalue weighted by atomic mass is 16.6. The molecular weight excluding hydrogens is 194 g/mol. The van der Waals surface area contributed by atoms with Gasteiger partial charge >= 0.3 is 0 Å². The summed E-state index contributed by atoms with van der Waals surface area (Å²) in [6, 6.07) is 4.63. The molecule has 0 aliphatic heterocycles. The smallest absolute Gasteiger partial charge is 0.272 e. The largest absolute Gasteiger partial charge is 0.481 e. The molecule has 0 amide bonds. The highest BCUT2D eigenvalue weighted by Crippen LogP contribution is 2.24. The Morgan fingerprint density at radius 3 is 2.87 bits per heavy atom. The van der Waals surface area contributed by atoms with Crippen molar-refractivity contribution in [2.75, 3.05) is 6.61 Å². The molecule has 78 valence electrons. The Labute approximate surface area is 88.0 Å². The maximum atomic E-state index is 10.6. The summed E-state index contributed by atoms with van der Waals surface area (Å²) in [6.07, 6.45) is 5.63. The van der Waals surface area contributed by atoms with E-state index in [1.54, 1.807) is 12.1 Å². The Balaban J connectivity index is 2.98. The van der Waals surface area contributed by atoms with E-state index < -0.39 is 4.92 Å². The number of nitro groups is 1. The zero-order valence-corrected chi connectivity index (χ0v) is 8.40. The summed E-state index contributed by atoms with van der Waals surface area (Å²) in [5, 5.41) is 10.6. The molecule has 15 heavy (non-hydrogen) atoms. The highest BCUT2D eigenvalue weighted by molar-refractivity contribution is 5.45. The van der Waals surface area contributed by atoms with E-state index in [4.69, 9.17) is 11.2 Å². The fourth-order valence-corrected chi connectivity index (χ4v) is 1.24. The van der Waals surface area contributed by atoms with Gasteiger partial charge in [0.15, 0.2) is 0 Å².